The standard InChI is InChI=1S/C17H15Cl4NO2/c1-9(12-7-6-11(18)8-14(12)20)22-17(23)10(2)24-15-5-3-4-13(19)16(15)21/h3-10H,1-2H3,(H,22,23)/t9-,10-/m0/s1. The van der Waals surface area contributed by atoms with Crippen LogP contribution < -0.4 is 10.1 Å². The quantitative estimate of drug-likeness (QED) is 0.666. The van der Waals surface area contributed by atoms with Crippen molar-refractivity contribution in [1.82, 2.24) is 5.32 Å². The summed E-state index contributed by atoms with van der Waals surface area (Å²) >= 11 is 24.0. The molecule has 1 amide bonds. The van der Waals surface area contributed by atoms with Crippen molar-refractivity contribution < 1.29 is 9.53 Å². The van der Waals surface area contributed by atoms with Crippen molar-refractivity contribution in [3.63, 3.8) is 0 Å². The summed E-state index contributed by atoms with van der Waals surface area (Å²) in [5.41, 5.74) is 0.766. The second kappa shape index (κ2) is 8.30. The predicted molar refractivity (Wildman–Crippen MR) is 99.6 cm³/mol. The van der Waals surface area contributed by atoms with Gasteiger partial charge >= 0.3 is 0 Å². The number of rotatable bonds is 5. The zero-order valence-corrected chi connectivity index (χ0v) is 16.0. The van der Waals surface area contributed by atoms with E-state index in [1.807, 2.05) is 6.92 Å². The lowest BCUT2D eigenvalue weighted by Crippen LogP contribution is -2.37. The fourth-order valence-corrected chi connectivity index (χ4v) is 2.99. The second-order valence-electron chi connectivity index (χ2n) is 5.21. The lowest BCUT2D eigenvalue weighted by molar-refractivity contribution is -0.127. The number of ether oxygens (including phenoxy) is 1. The van der Waals surface area contributed by atoms with Crippen molar-refractivity contribution in [2.24, 2.45) is 0 Å². The molecule has 0 fully saturated rings. The van der Waals surface area contributed by atoms with Gasteiger partial charge in [0.1, 0.15) is 10.8 Å². The van der Waals surface area contributed by atoms with Gasteiger partial charge in [-0.1, -0.05) is 58.5 Å². The Morgan fingerprint density at radius 2 is 1.75 bits per heavy atom. The summed E-state index contributed by atoms with van der Waals surface area (Å²) in [5, 5.41) is 4.50. The molecule has 2 aromatic rings. The molecule has 0 aliphatic carbocycles. The van der Waals surface area contributed by atoms with E-state index in [1.54, 1.807) is 43.3 Å². The van der Waals surface area contributed by atoms with Crippen molar-refractivity contribution >= 4 is 52.3 Å². The van der Waals surface area contributed by atoms with Crippen LogP contribution in [0, 0.1) is 0 Å². The predicted octanol–water partition coefficient (Wildman–Crippen LogP) is 5.94. The Bertz CT molecular complexity index is 751. The van der Waals surface area contributed by atoms with Crippen LogP contribution in [0.2, 0.25) is 20.1 Å². The minimum atomic E-state index is -0.755. The molecule has 0 aromatic heterocycles. The first kappa shape index (κ1) is 19.2. The van der Waals surface area contributed by atoms with Crippen LogP contribution in [0.5, 0.6) is 5.75 Å². The molecule has 0 radical (unpaired) electrons. The third-order valence-corrected chi connectivity index (χ3v) is 4.74. The van der Waals surface area contributed by atoms with Crippen molar-refractivity contribution in [3.05, 3.63) is 62.1 Å². The molecule has 0 saturated heterocycles. The van der Waals surface area contributed by atoms with E-state index in [0.717, 1.165) is 5.56 Å². The van der Waals surface area contributed by atoms with E-state index in [2.05, 4.69) is 5.32 Å². The average molecular weight is 407 g/mol. The van der Waals surface area contributed by atoms with Gasteiger partial charge in [0, 0.05) is 10.0 Å². The molecule has 2 rings (SSSR count). The van der Waals surface area contributed by atoms with E-state index in [1.165, 1.54) is 0 Å². The number of hydrogen-bond acceptors (Lipinski definition) is 2. The van der Waals surface area contributed by atoms with Crippen molar-refractivity contribution in [3.8, 4) is 5.75 Å². The smallest absolute Gasteiger partial charge is 0.261 e. The molecule has 7 heteroatoms. The Morgan fingerprint density at radius 3 is 2.42 bits per heavy atom. The topological polar surface area (TPSA) is 38.3 Å². The molecule has 2 atom stereocenters. The van der Waals surface area contributed by atoms with Gasteiger partial charge in [-0.3, -0.25) is 4.79 Å². The number of carbonyl (C=O) groups excluding carboxylic acids is 1. The Labute approximate surface area is 160 Å². The Kier molecular flexibility index (Phi) is 6.64. The summed E-state index contributed by atoms with van der Waals surface area (Å²) in [6, 6.07) is 9.82. The average Bonchev–Trinajstić information content (AvgIpc) is 2.51. The fourth-order valence-electron chi connectivity index (χ4n) is 2.08. The summed E-state index contributed by atoms with van der Waals surface area (Å²) in [4.78, 5) is 12.3. The van der Waals surface area contributed by atoms with Crippen LogP contribution in [-0.4, -0.2) is 12.0 Å². The van der Waals surface area contributed by atoms with Crippen LogP contribution in [0.3, 0.4) is 0 Å². The van der Waals surface area contributed by atoms with Gasteiger partial charge in [0.2, 0.25) is 0 Å². The van der Waals surface area contributed by atoms with Crippen LogP contribution in [0.15, 0.2) is 36.4 Å². The third-order valence-electron chi connectivity index (χ3n) is 3.38. The molecule has 3 nitrogen and oxygen atoms in total. The Morgan fingerprint density at radius 1 is 1.04 bits per heavy atom. The number of nitrogens with one attached hydrogen (secondary N) is 1. The van der Waals surface area contributed by atoms with E-state index >= 15 is 0 Å². The summed E-state index contributed by atoms with van der Waals surface area (Å²) in [5.74, 6) is 0.0496. The molecule has 24 heavy (non-hydrogen) atoms. The van der Waals surface area contributed by atoms with Crippen molar-refractivity contribution in [2.45, 2.75) is 26.0 Å². The lowest BCUT2D eigenvalue weighted by atomic mass is 10.1. The number of amides is 1. The monoisotopic (exact) mass is 405 g/mol. The summed E-state index contributed by atoms with van der Waals surface area (Å²) in [6.07, 6.45) is -0.755. The molecule has 2 aromatic carbocycles. The van der Waals surface area contributed by atoms with Gasteiger partial charge in [-0.25, -0.2) is 0 Å². The van der Waals surface area contributed by atoms with E-state index in [-0.39, 0.29) is 17.0 Å². The molecular formula is C17H15Cl4NO2. The Balaban J connectivity index is 2.04. The number of hydrogen-bond donors (Lipinski definition) is 1. The van der Waals surface area contributed by atoms with Gasteiger partial charge in [0.05, 0.1) is 11.1 Å². The lowest BCUT2D eigenvalue weighted by Gasteiger charge is -2.20. The molecule has 0 aliphatic rings. The maximum absolute atomic E-state index is 12.3. The summed E-state index contributed by atoms with van der Waals surface area (Å²) in [6.45, 7) is 3.45. The minimum absolute atomic E-state index is 0.271. The van der Waals surface area contributed by atoms with Crippen LogP contribution >= 0.6 is 46.4 Å². The van der Waals surface area contributed by atoms with E-state index in [9.17, 15) is 4.79 Å². The van der Waals surface area contributed by atoms with E-state index in [4.69, 9.17) is 51.1 Å². The van der Waals surface area contributed by atoms with Crippen LogP contribution in [0.25, 0.3) is 0 Å². The first-order valence-corrected chi connectivity index (χ1v) is 8.66. The molecular weight excluding hydrogens is 392 g/mol. The SMILES string of the molecule is C[C@H](Oc1cccc(Cl)c1Cl)C(=O)N[C@@H](C)c1ccc(Cl)cc1Cl. The Hall–Kier alpha value is -1.13. The van der Waals surface area contributed by atoms with Gasteiger partial charge in [0.15, 0.2) is 6.10 Å². The van der Waals surface area contributed by atoms with Gasteiger partial charge in [-0.15, -0.1) is 0 Å². The first-order chi connectivity index (χ1) is 11.3. The summed E-state index contributed by atoms with van der Waals surface area (Å²) in [7, 11) is 0. The van der Waals surface area contributed by atoms with Gasteiger partial charge < -0.3 is 10.1 Å². The molecule has 1 N–H and O–H groups in total. The third kappa shape index (κ3) is 4.70. The molecule has 0 unspecified atom stereocenters. The highest BCUT2D eigenvalue weighted by atomic mass is 35.5. The van der Waals surface area contributed by atoms with Crippen LogP contribution in [-0.2, 0) is 4.79 Å². The van der Waals surface area contributed by atoms with Crippen LogP contribution in [0.1, 0.15) is 25.5 Å². The zero-order chi connectivity index (χ0) is 17.9. The molecule has 0 spiro atoms. The minimum Gasteiger partial charge on any atom is -0.479 e. The largest absolute Gasteiger partial charge is 0.479 e. The maximum atomic E-state index is 12.3. The maximum Gasteiger partial charge on any atom is 0.261 e. The van der Waals surface area contributed by atoms with Gasteiger partial charge in [0.25, 0.3) is 5.91 Å². The molecule has 128 valence electrons. The van der Waals surface area contributed by atoms with E-state index in [0.29, 0.717) is 20.8 Å². The molecule has 0 bridgehead atoms. The molecule has 0 aliphatic heterocycles. The van der Waals surface area contributed by atoms with Crippen molar-refractivity contribution in [2.75, 3.05) is 0 Å². The number of halogens is 4. The number of benzene rings is 2. The second-order valence-corrected chi connectivity index (χ2v) is 6.84. The first-order valence-electron chi connectivity index (χ1n) is 7.15. The highest BCUT2D eigenvalue weighted by Crippen LogP contribution is 2.32. The van der Waals surface area contributed by atoms with E-state index < -0.39 is 6.10 Å². The highest BCUT2D eigenvalue weighted by molar-refractivity contribution is 6.42. The highest BCUT2D eigenvalue weighted by Gasteiger charge is 2.20. The zero-order valence-electron chi connectivity index (χ0n) is 12.9. The molecule has 0 heterocycles. The summed E-state index contributed by atoms with van der Waals surface area (Å²) < 4.78 is 5.59. The number of carbonyl (C=O) groups is 1. The van der Waals surface area contributed by atoms with Crippen LogP contribution in [0.4, 0.5) is 0 Å². The van der Waals surface area contributed by atoms with Gasteiger partial charge in [-0.05, 0) is 43.7 Å². The van der Waals surface area contributed by atoms with Crippen molar-refractivity contribution in [1.29, 1.82) is 0 Å². The molecule has 0 saturated carbocycles. The normalized spacial score (nSPS) is 13.2. The van der Waals surface area contributed by atoms with Gasteiger partial charge in [-0.2, -0.15) is 0 Å². The fraction of sp³-hybridized carbons (Fsp3) is 0.235.